The summed E-state index contributed by atoms with van der Waals surface area (Å²) in [5.41, 5.74) is 8.28. The maximum absolute atomic E-state index is 6.29. The van der Waals surface area contributed by atoms with Crippen LogP contribution in [0.1, 0.15) is 31.6 Å². The van der Waals surface area contributed by atoms with Gasteiger partial charge in [-0.25, -0.2) is 4.98 Å². The Morgan fingerprint density at radius 1 is 1.44 bits per heavy atom. The second kappa shape index (κ2) is 4.43. The van der Waals surface area contributed by atoms with Crippen molar-refractivity contribution in [3.63, 3.8) is 0 Å². The number of benzene rings is 1. The normalized spacial score (nSPS) is 15.0. The lowest BCUT2D eigenvalue weighted by Gasteiger charge is -2.06. The van der Waals surface area contributed by atoms with Gasteiger partial charge in [-0.05, 0) is 25.0 Å². The van der Waals surface area contributed by atoms with Gasteiger partial charge in [0.15, 0.2) is 0 Å². The van der Waals surface area contributed by atoms with Gasteiger partial charge >= 0.3 is 0 Å². The van der Waals surface area contributed by atoms with Crippen LogP contribution in [0.25, 0.3) is 11.3 Å². The van der Waals surface area contributed by atoms with Gasteiger partial charge in [0.2, 0.25) is 0 Å². The second-order valence-corrected chi connectivity index (χ2v) is 5.64. The number of nitrogen functional groups attached to an aromatic ring is 1. The molecule has 0 bridgehead atoms. The smallest absolute Gasteiger partial charge is 0.131 e. The molecule has 1 fully saturated rings. The molecule has 0 amide bonds. The fraction of sp³-hybridized carbons (Fsp3) is 0.357. The van der Waals surface area contributed by atoms with Gasteiger partial charge in [0.1, 0.15) is 17.3 Å². The van der Waals surface area contributed by atoms with E-state index in [9.17, 15) is 0 Å². The molecule has 0 atom stereocenters. The molecule has 2 aromatic rings. The predicted molar refractivity (Wildman–Crippen MR) is 77.4 cm³/mol. The van der Waals surface area contributed by atoms with Crippen molar-refractivity contribution in [2.24, 2.45) is 0 Å². The third kappa shape index (κ3) is 1.94. The Balaban J connectivity index is 2.12. The highest BCUT2D eigenvalue weighted by molar-refractivity contribution is 9.10. The average Bonchev–Trinajstić information content (AvgIpc) is 3.13. The van der Waals surface area contributed by atoms with Crippen LogP contribution in [-0.4, -0.2) is 9.55 Å². The zero-order valence-corrected chi connectivity index (χ0v) is 11.9. The van der Waals surface area contributed by atoms with Crippen LogP contribution in [-0.2, 0) is 6.42 Å². The summed E-state index contributed by atoms with van der Waals surface area (Å²) in [6.07, 6.45) is 3.38. The molecule has 18 heavy (non-hydrogen) atoms. The maximum atomic E-state index is 6.29. The SMILES string of the molecule is CCc1nc(-c2cccc(Br)c2)c(N)n1C1CC1. The zero-order chi connectivity index (χ0) is 12.7. The maximum Gasteiger partial charge on any atom is 0.131 e. The lowest BCUT2D eigenvalue weighted by Crippen LogP contribution is -2.04. The van der Waals surface area contributed by atoms with Crippen LogP contribution in [0.5, 0.6) is 0 Å². The molecule has 3 nitrogen and oxygen atoms in total. The lowest BCUT2D eigenvalue weighted by molar-refractivity contribution is 0.696. The number of hydrogen-bond acceptors (Lipinski definition) is 2. The van der Waals surface area contributed by atoms with Gasteiger partial charge in [-0.1, -0.05) is 35.0 Å². The standard InChI is InChI=1S/C14H16BrN3/c1-2-12-17-13(9-4-3-5-10(15)8-9)14(16)18(12)11-6-7-11/h3-5,8,11H,2,6-7,16H2,1H3. The fourth-order valence-electron chi connectivity index (χ4n) is 2.33. The summed E-state index contributed by atoms with van der Waals surface area (Å²) in [6, 6.07) is 8.72. The quantitative estimate of drug-likeness (QED) is 0.937. The predicted octanol–water partition coefficient (Wildman–Crippen LogP) is 3.79. The van der Waals surface area contributed by atoms with E-state index in [2.05, 4.69) is 39.6 Å². The highest BCUT2D eigenvalue weighted by Gasteiger charge is 2.29. The summed E-state index contributed by atoms with van der Waals surface area (Å²) >= 11 is 3.49. The van der Waals surface area contributed by atoms with Crippen molar-refractivity contribution >= 4 is 21.7 Å². The number of aryl methyl sites for hydroxylation is 1. The number of nitrogens with two attached hydrogens (primary N) is 1. The van der Waals surface area contributed by atoms with Gasteiger partial charge < -0.3 is 10.3 Å². The summed E-state index contributed by atoms with van der Waals surface area (Å²) in [6.45, 7) is 2.13. The molecule has 0 aliphatic heterocycles. The Labute approximate surface area is 115 Å². The molecule has 2 N–H and O–H groups in total. The molecule has 0 unspecified atom stereocenters. The average molecular weight is 306 g/mol. The molecule has 0 saturated heterocycles. The summed E-state index contributed by atoms with van der Waals surface area (Å²) in [7, 11) is 0. The molecule has 1 aromatic heterocycles. The van der Waals surface area contributed by atoms with E-state index in [0.717, 1.165) is 33.8 Å². The molecule has 1 saturated carbocycles. The van der Waals surface area contributed by atoms with Gasteiger partial charge in [-0.3, -0.25) is 0 Å². The fourth-order valence-corrected chi connectivity index (χ4v) is 2.73. The third-order valence-electron chi connectivity index (χ3n) is 3.35. The number of nitrogens with zero attached hydrogens (tertiary/aromatic N) is 2. The molecule has 1 aliphatic carbocycles. The van der Waals surface area contributed by atoms with Crippen molar-refractivity contribution < 1.29 is 0 Å². The Morgan fingerprint density at radius 3 is 2.83 bits per heavy atom. The Bertz CT molecular complexity index is 585. The van der Waals surface area contributed by atoms with Crippen LogP contribution in [0, 0.1) is 0 Å². The number of imidazole rings is 1. The molecule has 4 heteroatoms. The summed E-state index contributed by atoms with van der Waals surface area (Å²) in [4.78, 5) is 4.72. The number of anilines is 1. The molecule has 1 aliphatic rings. The number of halogens is 1. The molecule has 1 aromatic carbocycles. The summed E-state index contributed by atoms with van der Waals surface area (Å²) in [5, 5.41) is 0. The largest absolute Gasteiger partial charge is 0.383 e. The Morgan fingerprint density at radius 2 is 2.22 bits per heavy atom. The van der Waals surface area contributed by atoms with Crippen LogP contribution < -0.4 is 5.73 Å². The minimum absolute atomic E-state index is 0.577. The summed E-state index contributed by atoms with van der Waals surface area (Å²) < 4.78 is 3.27. The van der Waals surface area contributed by atoms with Crippen LogP contribution in [0.2, 0.25) is 0 Å². The van der Waals surface area contributed by atoms with Gasteiger partial charge in [-0.15, -0.1) is 0 Å². The van der Waals surface area contributed by atoms with E-state index < -0.39 is 0 Å². The van der Waals surface area contributed by atoms with Crippen molar-refractivity contribution in [3.05, 3.63) is 34.6 Å². The first-order valence-electron chi connectivity index (χ1n) is 6.33. The Hall–Kier alpha value is -1.29. The molecular weight excluding hydrogens is 290 g/mol. The Kier molecular flexibility index (Phi) is 2.90. The summed E-state index contributed by atoms with van der Waals surface area (Å²) in [5.74, 6) is 1.91. The minimum Gasteiger partial charge on any atom is -0.383 e. The second-order valence-electron chi connectivity index (χ2n) is 4.73. The van der Waals surface area contributed by atoms with Gasteiger partial charge in [-0.2, -0.15) is 0 Å². The van der Waals surface area contributed by atoms with Crippen LogP contribution in [0.4, 0.5) is 5.82 Å². The van der Waals surface area contributed by atoms with Crippen molar-refractivity contribution in [2.45, 2.75) is 32.2 Å². The van der Waals surface area contributed by atoms with Crippen LogP contribution >= 0.6 is 15.9 Å². The number of aromatic nitrogens is 2. The molecular formula is C14H16BrN3. The molecule has 3 rings (SSSR count). The lowest BCUT2D eigenvalue weighted by atomic mass is 10.1. The van der Waals surface area contributed by atoms with E-state index in [1.165, 1.54) is 12.8 Å². The highest BCUT2D eigenvalue weighted by Crippen LogP contribution is 2.41. The third-order valence-corrected chi connectivity index (χ3v) is 3.84. The topological polar surface area (TPSA) is 43.8 Å². The van der Waals surface area contributed by atoms with E-state index in [-0.39, 0.29) is 0 Å². The van der Waals surface area contributed by atoms with Crippen molar-refractivity contribution in [1.82, 2.24) is 9.55 Å². The first kappa shape index (κ1) is 11.8. The molecule has 0 radical (unpaired) electrons. The monoisotopic (exact) mass is 305 g/mol. The van der Waals surface area contributed by atoms with E-state index in [1.54, 1.807) is 0 Å². The van der Waals surface area contributed by atoms with Gasteiger partial charge in [0.25, 0.3) is 0 Å². The number of hydrogen-bond donors (Lipinski definition) is 1. The molecule has 1 heterocycles. The molecule has 94 valence electrons. The van der Waals surface area contributed by atoms with Crippen LogP contribution in [0.15, 0.2) is 28.7 Å². The van der Waals surface area contributed by atoms with E-state index >= 15 is 0 Å². The van der Waals surface area contributed by atoms with Crippen molar-refractivity contribution in [2.75, 3.05) is 5.73 Å². The van der Waals surface area contributed by atoms with Gasteiger partial charge in [0.05, 0.1) is 0 Å². The van der Waals surface area contributed by atoms with Crippen molar-refractivity contribution in [1.29, 1.82) is 0 Å². The van der Waals surface area contributed by atoms with Gasteiger partial charge in [0, 0.05) is 22.5 Å². The number of rotatable bonds is 3. The van der Waals surface area contributed by atoms with Crippen LogP contribution in [0.3, 0.4) is 0 Å². The highest BCUT2D eigenvalue weighted by atomic mass is 79.9. The van der Waals surface area contributed by atoms with E-state index in [1.807, 2.05) is 12.1 Å². The first-order valence-corrected chi connectivity index (χ1v) is 7.12. The van der Waals surface area contributed by atoms with E-state index in [0.29, 0.717) is 6.04 Å². The first-order chi connectivity index (χ1) is 8.70. The van der Waals surface area contributed by atoms with E-state index in [4.69, 9.17) is 10.7 Å². The zero-order valence-electron chi connectivity index (χ0n) is 10.4. The minimum atomic E-state index is 0.577. The molecule has 0 spiro atoms. The van der Waals surface area contributed by atoms with Crippen molar-refractivity contribution in [3.8, 4) is 11.3 Å².